The zero-order valence-electron chi connectivity index (χ0n) is 28.1. The second-order valence-electron chi connectivity index (χ2n) is 13.7. The number of benzene rings is 2. The van der Waals surface area contributed by atoms with E-state index < -0.39 is 64.1 Å². The number of anilines is 1. The van der Waals surface area contributed by atoms with Crippen LogP contribution < -0.4 is 10.6 Å². The number of aliphatic hydroxyl groups is 3. The van der Waals surface area contributed by atoms with Crippen LogP contribution in [0.2, 0.25) is 0 Å². The number of aromatic hydroxyl groups is 1. The quantitative estimate of drug-likeness (QED) is 0.234. The minimum absolute atomic E-state index is 0.00296. The average Bonchev–Trinajstić information content (AvgIpc) is 3.01. The number of fused-ring (bicyclic) bond motifs is 3. The molecule has 12 heteroatoms. The summed E-state index contributed by atoms with van der Waals surface area (Å²) >= 11 is 0. The van der Waals surface area contributed by atoms with E-state index in [1.54, 1.807) is 34.3 Å². The Labute approximate surface area is 279 Å². The van der Waals surface area contributed by atoms with Crippen molar-refractivity contribution in [3.05, 3.63) is 75.6 Å². The molecule has 1 unspecified atom stereocenters. The predicted molar refractivity (Wildman–Crippen MR) is 180 cm³/mol. The van der Waals surface area contributed by atoms with Crippen molar-refractivity contribution in [1.29, 1.82) is 0 Å². The fourth-order valence-electron chi connectivity index (χ4n) is 7.78. The van der Waals surface area contributed by atoms with Crippen molar-refractivity contribution in [3.8, 4) is 5.75 Å². The van der Waals surface area contributed by atoms with Crippen molar-refractivity contribution in [3.63, 3.8) is 0 Å². The van der Waals surface area contributed by atoms with Crippen molar-refractivity contribution < 1.29 is 39.6 Å². The first-order valence-electron chi connectivity index (χ1n) is 15.9. The third kappa shape index (κ3) is 5.57. The Hall–Kier alpha value is -4.52. The molecule has 0 saturated heterocycles. The number of nitrogens with zero attached hydrogens (tertiary/aromatic N) is 3. The zero-order valence-corrected chi connectivity index (χ0v) is 28.1. The lowest BCUT2D eigenvalue weighted by Crippen LogP contribution is -2.65. The third-order valence-electron chi connectivity index (χ3n) is 10.2. The number of hydrogen-bond acceptors (Lipinski definition) is 11. The summed E-state index contributed by atoms with van der Waals surface area (Å²) in [6.07, 6.45) is 0.953. The molecule has 2 aromatic carbocycles. The Morgan fingerprint density at radius 1 is 1.02 bits per heavy atom. The van der Waals surface area contributed by atoms with Crippen LogP contribution >= 0.6 is 0 Å². The number of ketones is 3. The number of aryl methyl sites for hydroxylation is 1. The maximum Gasteiger partial charge on any atom is 0.255 e. The Morgan fingerprint density at radius 3 is 2.23 bits per heavy atom. The van der Waals surface area contributed by atoms with Gasteiger partial charge in [0.05, 0.1) is 17.6 Å². The number of primary amides is 1. The summed E-state index contributed by atoms with van der Waals surface area (Å²) in [4.78, 5) is 58.5. The molecule has 2 aromatic rings. The first-order chi connectivity index (χ1) is 22.5. The highest BCUT2D eigenvalue weighted by atomic mass is 16.3. The summed E-state index contributed by atoms with van der Waals surface area (Å²) in [6, 6.07) is 9.91. The van der Waals surface area contributed by atoms with Gasteiger partial charge >= 0.3 is 0 Å². The Kier molecular flexibility index (Phi) is 9.30. The van der Waals surface area contributed by atoms with Crippen LogP contribution in [0.25, 0.3) is 5.76 Å². The van der Waals surface area contributed by atoms with Crippen molar-refractivity contribution in [2.45, 2.75) is 49.8 Å². The third-order valence-corrected chi connectivity index (χ3v) is 10.2. The van der Waals surface area contributed by atoms with Gasteiger partial charge in [0, 0.05) is 37.7 Å². The molecule has 0 radical (unpaired) electrons. The van der Waals surface area contributed by atoms with E-state index in [9.17, 15) is 39.6 Å². The summed E-state index contributed by atoms with van der Waals surface area (Å²) < 4.78 is 0. The molecule has 3 aliphatic rings. The van der Waals surface area contributed by atoms with E-state index in [0.29, 0.717) is 23.2 Å². The van der Waals surface area contributed by atoms with E-state index in [1.807, 2.05) is 54.2 Å². The predicted octanol–water partition coefficient (Wildman–Crippen LogP) is 1.70. The van der Waals surface area contributed by atoms with E-state index in [0.717, 1.165) is 5.56 Å². The van der Waals surface area contributed by atoms with Gasteiger partial charge in [-0.2, -0.15) is 0 Å². The molecule has 0 bridgehead atoms. The smallest absolute Gasteiger partial charge is 0.255 e. The first kappa shape index (κ1) is 34.8. The average molecular weight is 661 g/mol. The summed E-state index contributed by atoms with van der Waals surface area (Å²) in [6.45, 7) is 0. The van der Waals surface area contributed by atoms with Gasteiger partial charge < -0.3 is 31.1 Å². The van der Waals surface area contributed by atoms with Crippen molar-refractivity contribution in [2.24, 2.45) is 17.6 Å². The van der Waals surface area contributed by atoms with Gasteiger partial charge in [-0.1, -0.05) is 30.3 Å². The molecular formula is C36H44N4O8. The zero-order chi connectivity index (χ0) is 35.4. The van der Waals surface area contributed by atoms with Gasteiger partial charge in [0.2, 0.25) is 5.78 Å². The molecule has 1 amide bonds. The molecule has 0 aliphatic heterocycles. The molecule has 256 valence electrons. The van der Waals surface area contributed by atoms with Crippen LogP contribution in [0.3, 0.4) is 0 Å². The lowest BCUT2D eigenvalue weighted by molar-refractivity contribution is -0.153. The van der Waals surface area contributed by atoms with Gasteiger partial charge in [0.1, 0.15) is 22.8 Å². The molecule has 0 spiro atoms. The van der Waals surface area contributed by atoms with E-state index in [-0.39, 0.29) is 48.4 Å². The number of phenols is 1. The van der Waals surface area contributed by atoms with Crippen LogP contribution in [0.1, 0.15) is 35.1 Å². The number of rotatable bonds is 10. The molecule has 1 fully saturated rings. The molecular weight excluding hydrogens is 616 g/mol. The van der Waals surface area contributed by atoms with Crippen LogP contribution in [0.15, 0.2) is 53.3 Å². The van der Waals surface area contributed by atoms with E-state index in [2.05, 4.69) is 0 Å². The Balaban J connectivity index is 1.56. The highest BCUT2D eigenvalue weighted by molar-refractivity contribution is 6.24. The van der Waals surface area contributed by atoms with Gasteiger partial charge in [-0.25, -0.2) is 0 Å². The van der Waals surface area contributed by atoms with Crippen LogP contribution in [-0.2, 0) is 38.4 Å². The van der Waals surface area contributed by atoms with Crippen LogP contribution in [0.5, 0.6) is 5.75 Å². The number of hydrogen-bond donors (Lipinski definition) is 5. The molecule has 3 aliphatic carbocycles. The molecule has 0 aromatic heterocycles. The first-order valence-corrected chi connectivity index (χ1v) is 15.9. The minimum atomic E-state index is -2.71. The van der Waals surface area contributed by atoms with E-state index in [1.165, 1.54) is 4.90 Å². The van der Waals surface area contributed by atoms with Crippen molar-refractivity contribution in [2.75, 3.05) is 47.2 Å². The standard InChI is InChI=1S/C36H44N4O8/c1-38(2)23-17-19(12-13-25(41)24(39(3)4)14-18-10-8-7-9-11-18)30(42)27-21(23)15-20-16-22-29(40(5)6)32(44)28(35(37)47)34(46)36(22,48)33(45)26(20)31(27)43/h7-11,17,20,22,24,29,42-43,46,48H,12-16H2,1-6H3,(H2,37,47)/t20-,22-,24?,29-,36-/m0/s1. The molecule has 6 N–H and O–H groups in total. The second-order valence-corrected chi connectivity index (χ2v) is 13.7. The van der Waals surface area contributed by atoms with Gasteiger partial charge in [0.15, 0.2) is 17.2 Å². The topological polar surface area (TPSA) is 185 Å². The maximum absolute atomic E-state index is 14.2. The molecule has 1 saturated carbocycles. The number of carbonyl (C=O) groups excluding carboxylic acids is 4. The largest absolute Gasteiger partial charge is 0.508 e. The summed E-state index contributed by atoms with van der Waals surface area (Å²) in [5.41, 5.74) is 4.28. The van der Waals surface area contributed by atoms with E-state index in [4.69, 9.17) is 5.73 Å². The van der Waals surface area contributed by atoms with Crippen molar-refractivity contribution in [1.82, 2.24) is 9.80 Å². The molecule has 48 heavy (non-hydrogen) atoms. The number of aliphatic hydroxyl groups excluding tert-OH is 2. The molecule has 12 nitrogen and oxygen atoms in total. The summed E-state index contributed by atoms with van der Waals surface area (Å²) in [5, 5.41) is 46.4. The lowest BCUT2D eigenvalue weighted by atomic mass is 9.57. The van der Waals surface area contributed by atoms with E-state index >= 15 is 0 Å². The number of likely N-dealkylation sites (N-methyl/N-ethyl adjacent to an activating group) is 2. The van der Waals surface area contributed by atoms with Gasteiger partial charge in [-0.15, -0.1) is 0 Å². The minimum Gasteiger partial charge on any atom is -0.508 e. The SMILES string of the molecule is CN(C)c1cc(CCC(=O)C(Cc2ccccc2)N(C)C)c(O)c2c1C[C@H]1C[C@H]3[C@H](N(C)C)C(=O)C(C(N)=O)=C(O)[C@@]3(O)C(=O)C1=C2O. The molecule has 5 atom stereocenters. The second kappa shape index (κ2) is 12.8. The van der Waals surface area contributed by atoms with Gasteiger partial charge in [0.25, 0.3) is 5.91 Å². The maximum atomic E-state index is 14.2. The summed E-state index contributed by atoms with van der Waals surface area (Å²) in [5.74, 6) is -7.00. The highest BCUT2D eigenvalue weighted by Gasteiger charge is 2.64. The number of nitrogens with two attached hydrogens (primary N) is 1. The normalized spacial score (nSPS) is 24.4. The summed E-state index contributed by atoms with van der Waals surface area (Å²) in [7, 11) is 10.4. The lowest BCUT2D eigenvalue weighted by Gasteiger charge is -2.50. The molecule has 0 heterocycles. The Morgan fingerprint density at radius 2 is 1.67 bits per heavy atom. The van der Waals surface area contributed by atoms with Crippen LogP contribution in [0.4, 0.5) is 5.69 Å². The van der Waals surface area contributed by atoms with Crippen LogP contribution in [0, 0.1) is 11.8 Å². The Bertz CT molecular complexity index is 1750. The highest BCUT2D eigenvalue weighted by Crippen LogP contribution is 2.54. The van der Waals surface area contributed by atoms with Gasteiger partial charge in [-0.3, -0.25) is 29.0 Å². The van der Waals surface area contributed by atoms with Crippen molar-refractivity contribution >= 4 is 34.7 Å². The number of Topliss-reactive ketones (excluding diaryl/α,β-unsaturated/α-hetero) is 3. The molecule has 5 rings (SSSR count). The van der Waals surface area contributed by atoms with Crippen LogP contribution in [-0.4, -0.2) is 113 Å². The fraction of sp³-hybridized carbons (Fsp3) is 0.444. The monoisotopic (exact) mass is 660 g/mol. The number of carbonyl (C=O) groups is 4. The number of amides is 1. The fourth-order valence-corrected chi connectivity index (χ4v) is 7.78. The van der Waals surface area contributed by atoms with Gasteiger partial charge in [-0.05, 0) is 82.5 Å². The number of phenolic OH excluding ortho intramolecular Hbond substituents is 1.